The smallest absolute Gasteiger partial charge is 0.131 e. The second-order valence-electron chi connectivity index (χ2n) is 7.96. The van der Waals surface area contributed by atoms with Crippen molar-refractivity contribution < 1.29 is 9.47 Å². The van der Waals surface area contributed by atoms with Gasteiger partial charge in [-0.3, -0.25) is 0 Å². The lowest BCUT2D eigenvalue weighted by molar-refractivity contribution is 0.0529. The van der Waals surface area contributed by atoms with Gasteiger partial charge in [-0.25, -0.2) is 4.98 Å². The van der Waals surface area contributed by atoms with Gasteiger partial charge in [-0.1, -0.05) is 31.2 Å². The summed E-state index contributed by atoms with van der Waals surface area (Å²) in [6.45, 7) is 11.3. The molecule has 0 amide bonds. The Bertz CT molecular complexity index is 556. The predicted molar refractivity (Wildman–Crippen MR) is 97.3 cm³/mol. The molecule has 1 aromatic rings. The monoisotopic (exact) mass is 354 g/mol. The first kappa shape index (κ1) is 17.2. The topological polar surface area (TPSA) is 34.6 Å². The van der Waals surface area contributed by atoms with Crippen LogP contribution in [0.2, 0.25) is 30.8 Å². The highest BCUT2D eigenvalue weighted by molar-refractivity contribution is 6.76. The van der Waals surface area contributed by atoms with Gasteiger partial charge >= 0.3 is 0 Å². The Kier molecular flexibility index (Phi) is 5.02. The molecule has 3 heterocycles. The molecule has 0 saturated carbocycles. The first-order chi connectivity index (χ1) is 10.9. The van der Waals surface area contributed by atoms with Crippen molar-refractivity contribution >= 4 is 25.4 Å². The molecule has 0 radical (unpaired) electrons. The van der Waals surface area contributed by atoms with E-state index in [1.807, 2.05) is 12.3 Å². The first-order valence-corrected chi connectivity index (χ1v) is 12.5. The fourth-order valence-electron chi connectivity index (χ4n) is 3.48. The van der Waals surface area contributed by atoms with Crippen molar-refractivity contribution in [1.29, 1.82) is 0 Å². The number of hydrogen-bond donors (Lipinski definition) is 0. The van der Waals surface area contributed by atoms with Crippen LogP contribution in [-0.2, 0) is 14.9 Å². The van der Waals surface area contributed by atoms with Gasteiger partial charge in [-0.2, -0.15) is 0 Å². The summed E-state index contributed by atoms with van der Waals surface area (Å²) in [5.41, 5.74) is 2.67. The van der Waals surface area contributed by atoms with Crippen LogP contribution in [0.4, 0.5) is 5.69 Å². The molecule has 0 bridgehead atoms. The minimum absolute atomic E-state index is 0.160. The van der Waals surface area contributed by atoms with Crippen molar-refractivity contribution in [2.45, 2.75) is 43.9 Å². The Morgan fingerprint density at radius 2 is 2.09 bits per heavy atom. The average molecular weight is 355 g/mol. The molecular weight excluding hydrogens is 328 g/mol. The lowest BCUT2D eigenvalue weighted by atomic mass is 9.76. The highest BCUT2D eigenvalue weighted by Crippen LogP contribution is 2.46. The number of aromatic nitrogens is 1. The van der Waals surface area contributed by atoms with Gasteiger partial charge in [0.25, 0.3) is 0 Å². The van der Waals surface area contributed by atoms with Gasteiger partial charge in [0.15, 0.2) is 0 Å². The van der Waals surface area contributed by atoms with E-state index in [2.05, 4.69) is 29.5 Å². The molecule has 2 aliphatic rings. The second-order valence-corrected chi connectivity index (χ2v) is 14.0. The largest absolute Gasteiger partial charge is 0.381 e. The molecule has 0 unspecified atom stereocenters. The normalized spacial score (nSPS) is 20.1. The van der Waals surface area contributed by atoms with E-state index in [1.54, 1.807) is 0 Å². The summed E-state index contributed by atoms with van der Waals surface area (Å²) in [5, 5.41) is 0.556. The summed E-state index contributed by atoms with van der Waals surface area (Å²) in [6.07, 6.45) is 4.06. The van der Waals surface area contributed by atoms with E-state index < -0.39 is 8.07 Å². The summed E-state index contributed by atoms with van der Waals surface area (Å²) in [5.74, 6) is 0. The Balaban J connectivity index is 1.71. The number of nitrogens with zero attached hydrogens (tertiary/aromatic N) is 2. The molecule has 1 fully saturated rings. The van der Waals surface area contributed by atoms with Crippen LogP contribution in [-0.4, -0.2) is 46.2 Å². The van der Waals surface area contributed by atoms with Crippen LogP contribution in [0.3, 0.4) is 0 Å². The van der Waals surface area contributed by atoms with Crippen molar-refractivity contribution in [2.24, 2.45) is 0 Å². The zero-order chi connectivity index (χ0) is 16.5. The molecule has 1 spiro atoms. The quantitative estimate of drug-likeness (QED) is 0.456. The number of rotatable bonds is 5. The van der Waals surface area contributed by atoms with Crippen LogP contribution in [0.15, 0.2) is 12.3 Å². The highest BCUT2D eigenvalue weighted by Gasteiger charge is 2.44. The number of fused-ring (bicyclic) bond motifs is 2. The molecular formula is C17H27ClN2O2Si. The van der Waals surface area contributed by atoms with Crippen molar-refractivity contribution in [1.82, 2.24) is 4.98 Å². The van der Waals surface area contributed by atoms with E-state index in [1.165, 1.54) is 17.3 Å². The summed E-state index contributed by atoms with van der Waals surface area (Å²) >= 11 is 6.14. The lowest BCUT2D eigenvalue weighted by Crippen LogP contribution is -2.39. The number of halogens is 1. The molecule has 4 nitrogen and oxygen atoms in total. The van der Waals surface area contributed by atoms with Gasteiger partial charge in [-0.15, -0.1) is 0 Å². The van der Waals surface area contributed by atoms with E-state index in [4.69, 9.17) is 21.1 Å². The first-order valence-electron chi connectivity index (χ1n) is 8.46. The van der Waals surface area contributed by atoms with Gasteiger partial charge in [0.2, 0.25) is 0 Å². The minimum Gasteiger partial charge on any atom is -0.381 e. The van der Waals surface area contributed by atoms with E-state index in [0.29, 0.717) is 11.9 Å². The molecule has 23 heavy (non-hydrogen) atoms. The summed E-state index contributed by atoms with van der Waals surface area (Å²) in [4.78, 5) is 6.66. The van der Waals surface area contributed by atoms with Crippen molar-refractivity contribution in [3.8, 4) is 0 Å². The van der Waals surface area contributed by atoms with Gasteiger partial charge in [-0.05, 0) is 25.0 Å². The fourth-order valence-corrected chi connectivity index (χ4v) is 4.39. The number of anilines is 1. The zero-order valence-corrected chi connectivity index (χ0v) is 16.2. The number of hydrogen-bond acceptors (Lipinski definition) is 4. The molecule has 2 aliphatic heterocycles. The number of ether oxygens (including phenoxy) is 2. The van der Waals surface area contributed by atoms with Crippen LogP contribution in [0.25, 0.3) is 0 Å². The van der Waals surface area contributed by atoms with Gasteiger partial charge in [0.05, 0.1) is 0 Å². The van der Waals surface area contributed by atoms with Gasteiger partial charge < -0.3 is 14.4 Å². The fraction of sp³-hybridized carbons (Fsp3) is 0.706. The van der Waals surface area contributed by atoms with Crippen molar-refractivity contribution in [3.63, 3.8) is 0 Å². The predicted octanol–water partition coefficient (Wildman–Crippen LogP) is 3.92. The van der Waals surface area contributed by atoms with Gasteiger partial charge in [0.1, 0.15) is 11.9 Å². The Labute approximate surface area is 145 Å². The van der Waals surface area contributed by atoms with Crippen LogP contribution in [0, 0.1) is 0 Å². The maximum Gasteiger partial charge on any atom is 0.131 e. The van der Waals surface area contributed by atoms with Crippen LogP contribution in [0.1, 0.15) is 18.4 Å². The van der Waals surface area contributed by atoms with E-state index in [-0.39, 0.29) is 5.41 Å². The molecule has 3 rings (SSSR count). The van der Waals surface area contributed by atoms with Gasteiger partial charge in [0, 0.05) is 57.3 Å². The zero-order valence-electron chi connectivity index (χ0n) is 14.4. The third kappa shape index (κ3) is 3.90. The average Bonchev–Trinajstić information content (AvgIpc) is 2.77. The molecule has 128 valence electrons. The van der Waals surface area contributed by atoms with E-state index in [0.717, 1.165) is 39.2 Å². The molecule has 6 heteroatoms. The van der Waals surface area contributed by atoms with Crippen LogP contribution >= 0.6 is 11.6 Å². The molecule has 1 saturated heterocycles. The third-order valence-electron chi connectivity index (χ3n) is 4.95. The lowest BCUT2D eigenvalue weighted by Gasteiger charge is -2.34. The van der Waals surface area contributed by atoms with Crippen molar-refractivity contribution in [2.75, 3.05) is 38.0 Å². The summed E-state index contributed by atoms with van der Waals surface area (Å²) < 4.78 is 11.6. The SMILES string of the molecule is C[Si](C)(C)CCOCN1CC2(CCOCC2)c2cnc(Cl)cc21. The molecule has 1 aromatic heterocycles. The molecule has 0 N–H and O–H groups in total. The third-order valence-corrected chi connectivity index (χ3v) is 6.86. The maximum atomic E-state index is 6.14. The van der Waals surface area contributed by atoms with E-state index in [9.17, 15) is 0 Å². The number of pyridine rings is 1. The highest BCUT2D eigenvalue weighted by atomic mass is 35.5. The second kappa shape index (κ2) is 6.71. The van der Waals surface area contributed by atoms with Crippen molar-refractivity contribution in [3.05, 3.63) is 23.0 Å². The van der Waals surface area contributed by atoms with Crippen LogP contribution in [0.5, 0.6) is 0 Å². The molecule has 0 aromatic carbocycles. The Morgan fingerprint density at radius 1 is 1.35 bits per heavy atom. The Morgan fingerprint density at radius 3 is 2.78 bits per heavy atom. The summed E-state index contributed by atoms with van der Waals surface area (Å²) in [6, 6.07) is 3.19. The van der Waals surface area contributed by atoms with Crippen LogP contribution < -0.4 is 4.90 Å². The Hall–Kier alpha value is -0.623. The molecule has 0 atom stereocenters. The maximum absolute atomic E-state index is 6.14. The summed E-state index contributed by atoms with van der Waals surface area (Å²) in [7, 11) is -1.04. The minimum atomic E-state index is -1.04. The standard InChI is InChI=1S/C17H27ClN2O2Si/c1-23(2,3)9-8-22-13-20-12-17(4-6-21-7-5-17)14-11-19-16(18)10-15(14)20/h10-11H,4-9,12-13H2,1-3H3. The molecule has 0 aliphatic carbocycles. The van der Waals surface area contributed by atoms with E-state index >= 15 is 0 Å².